The molecule has 0 radical (unpaired) electrons. The summed E-state index contributed by atoms with van der Waals surface area (Å²) in [5.41, 5.74) is -0.686. The van der Waals surface area contributed by atoms with Gasteiger partial charge in [0.25, 0.3) is 0 Å². The fourth-order valence-electron chi connectivity index (χ4n) is 2.09. The van der Waals surface area contributed by atoms with Crippen LogP contribution in [0.15, 0.2) is 12.7 Å². The zero-order chi connectivity index (χ0) is 11.5. The SMILES string of the molecule is C=CC(=O)NC1(C(=O)N(C)C)CCCC1. The second-order valence-electron chi connectivity index (χ2n) is 4.18. The molecule has 1 saturated carbocycles. The highest BCUT2D eigenvalue weighted by Crippen LogP contribution is 2.31. The molecule has 4 nitrogen and oxygen atoms in total. The van der Waals surface area contributed by atoms with Gasteiger partial charge in [-0.25, -0.2) is 0 Å². The van der Waals surface area contributed by atoms with Crippen LogP contribution in [0.3, 0.4) is 0 Å². The third-order valence-electron chi connectivity index (χ3n) is 2.82. The smallest absolute Gasteiger partial charge is 0.247 e. The van der Waals surface area contributed by atoms with E-state index in [1.807, 2.05) is 0 Å². The first-order chi connectivity index (χ1) is 7.02. The van der Waals surface area contributed by atoms with Crippen LogP contribution in [0.5, 0.6) is 0 Å². The lowest BCUT2D eigenvalue weighted by Crippen LogP contribution is -2.56. The molecule has 4 heteroatoms. The molecule has 0 heterocycles. The van der Waals surface area contributed by atoms with Crippen LogP contribution in [0.25, 0.3) is 0 Å². The molecule has 0 aliphatic heterocycles. The number of carbonyl (C=O) groups excluding carboxylic acids is 2. The molecule has 0 spiro atoms. The summed E-state index contributed by atoms with van der Waals surface area (Å²) in [5.74, 6) is -0.290. The van der Waals surface area contributed by atoms with E-state index in [9.17, 15) is 9.59 Å². The number of hydrogen-bond acceptors (Lipinski definition) is 2. The molecular weight excluding hydrogens is 192 g/mol. The number of amides is 2. The minimum Gasteiger partial charge on any atom is -0.347 e. The van der Waals surface area contributed by atoms with Gasteiger partial charge in [0.1, 0.15) is 5.54 Å². The second kappa shape index (κ2) is 4.47. The summed E-state index contributed by atoms with van der Waals surface area (Å²) in [6.07, 6.45) is 4.63. The molecule has 1 fully saturated rings. The zero-order valence-electron chi connectivity index (χ0n) is 9.38. The average molecular weight is 210 g/mol. The van der Waals surface area contributed by atoms with Crippen molar-refractivity contribution in [2.45, 2.75) is 31.2 Å². The standard InChI is InChI=1S/C11H18N2O2/c1-4-9(14)12-11(7-5-6-8-11)10(15)13(2)3/h4H,1,5-8H2,2-3H3,(H,12,14). The summed E-state index contributed by atoms with van der Waals surface area (Å²) in [7, 11) is 3.42. The molecule has 15 heavy (non-hydrogen) atoms. The summed E-state index contributed by atoms with van der Waals surface area (Å²) in [4.78, 5) is 24.8. The highest BCUT2D eigenvalue weighted by atomic mass is 16.2. The molecule has 0 unspecified atom stereocenters. The minimum atomic E-state index is -0.686. The van der Waals surface area contributed by atoms with Gasteiger partial charge in [-0.2, -0.15) is 0 Å². The maximum absolute atomic E-state index is 12.0. The van der Waals surface area contributed by atoms with E-state index < -0.39 is 5.54 Å². The fraction of sp³-hybridized carbons (Fsp3) is 0.636. The van der Waals surface area contributed by atoms with Crippen molar-refractivity contribution < 1.29 is 9.59 Å². The molecule has 1 aliphatic rings. The summed E-state index contributed by atoms with van der Waals surface area (Å²) >= 11 is 0. The van der Waals surface area contributed by atoms with Gasteiger partial charge in [0.2, 0.25) is 11.8 Å². The van der Waals surface area contributed by atoms with Gasteiger partial charge >= 0.3 is 0 Å². The normalized spacial score (nSPS) is 18.3. The Balaban J connectivity index is 2.83. The Morgan fingerprint density at radius 2 is 1.87 bits per heavy atom. The summed E-state index contributed by atoms with van der Waals surface area (Å²) in [6, 6.07) is 0. The maximum Gasteiger partial charge on any atom is 0.247 e. The molecule has 0 aromatic carbocycles. The van der Waals surface area contributed by atoms with E-state index in [0.29, 0.717) is 0 Å². The number of rotatable bonds is 3. The number of hydrogen-bond donors (Lipinski definition) is 1. The van der Waals surface area contributed by atoms with Gasteiger partial charge < -0.3 is 10.2 Å². The number of nitrogens with one attached hydrogen (secondary N) is 1. The molecule has 0 bridgehead atoms. The fourth-order valence-corrected chi connectivity index (χ4v) is 2.09. The second-order valence-corrected chi connectivity index (χ2v) is 4.18. The van der Waals surface area contributed by atoms with Gasteiger partial charge in [-0.1, -0.05) is 19.4 Å². The van der Waals surface area contributed by atoms with E-state index in [4.69, 9.17) is 0 Å². The first-order valence-electron chi connectivity index (χ1n) is 5.18. The van der Waals surface area contributed by atoms with E-state index in [2.05, 4.69) is 11.9 Å². The van der Waals surface area contributed by atoms with Crippen molar-refractivity contribution in [2.75, 3.05) is 14.1 Å². The molecule has 0 saturated heterocycles. The minimum absolute atomic E-state index is 0.0183. The number of carbonyl (C=O) groups is 2. The lowest BCUT2D eigenvalue weighted by molar-refractivity contribution is -0.138. The van der Waals surface area contributed by atoms with Gasteiger partial charge in [-0.05, 0) is 18.9 Å². The maximum atomic E-state index is 12.0. The Morgan fingerprint density at radius 1 is 1.33 bits per heavy atom. The van der Waals surface area contributed by atoms with Crippen LogP contribution in [-0.4, -0.2) is 36.3 Å². The van der Waals surface area contributed by atoms with Crippen molar-refractivity contribution >= 4 is 11.8 Å². The van der Waals surface area contributed by atoms with Crippen LogP contribution >= 0.6 is 0 Å². The average Bonchev–Trinajstić information content (AvgIpc) is 2.66. The highest BCUT2D eigenvalue weighted by Gasteiger charge is 2.42. The van der Waals surface area contributed by atoms with Crippen molar-refractivity contribution in [3.8, 4) is 0 Å². The Labute approximate surface area is 90.3 Å². The van der Waals surface area contributed by atoms with E-state index in [0.717, 1.165) is 25.7 Å². The summed E-state index contributed by atoms with van der Waals surface area (Å²) in [6.45, 7) is 3.40. The van der Waals surface area contributed by atoms with Crippen LogP contribution in [0.1, 0.15) is 25.7 Å². The zero-order valence-corrected chi connectivity index (χ0v) is 9.38. The first-order valence-corrected chi connectivity index (χ1v) is 5.18. The van der Waals surface area contributed by atoms with E-state index in [-0.39, 0.29) is 11.8 Å². The molecule has 1 N–H and O–H groups in total. The molecule has 0 aromatic heterocycles. The van der Waals surface area contributed by atoms with Crippen LogP contribution < -0.4 is 5.32 Å². The van der Waals surface area contributed by atoms with Crippen molar-refractivity contribution in [1.29, 1.82) is 0 Å². The molecule has 2 amide bonds. The Kier molecular flexibility index (Phi) is 3.50. The lowest BCUT2D eigenvalue weighted by atomic mass is 9.95. The highest BCUT2D eigenvalue weighted by molar-refractivity contribution is 5.95. The summed E-state index contributed by atoms with van der Waals surface area (Å²) in [5, 5.41) is 2.77. The largest absolute Gasteiger partial charge is 0.347 e. The monoisotopic (exact) mass is 210 g/mol. The molecule has 1 rings (SSSR count). The van der Waals surface area contributed by atoms with Gasteiger partial charge in [0.15, 0.2) is 0 Å². The van der Waals surface area contributed by atoms with E-state index >= 15 is 0 Å². The molecule has 1 aliphatic carbocycles. The van der Waals surface area contributed by atoms with Crippen molar-refractivity contribution in [1.82, 2.24) is 10.2 Å². The number of likely N-dealkylation sites (N-methyl/N-ethyl adjacent to an activating group) is 1. The summed E-state index contributed by atoms with van der Waals surface area (Å²) < 4.78 is 0. The van der Waals surface area contributed by atoms with Crippen LogP contribution in [0, 0.1) is 0 Å². The van der Waals surface area contributed by atoms with Crippen molar-refractivity contribution in [2.24, 2.45) is 0 Å². The molecule has 0 aromatic rings. The Hall–Kier alpha value is -1.32. The quantitative estimate of drug-likeness (QED) is 0.697. The molecule has 0 atom stereocenters. The third kappa shape index (κ3) is 2.37. The van der Waals surface area contributed by atoms with E-state index in [1.165, 1.54) is 11.0 Å². The lowest BCUT2D eigenvalue weighted by Gasteiger charge is -2.31. The van der Waals surface area contributed by atoms with Crippen LogP contribution in [0.2, 0.25) is 0 Å². The van der Waals surface area contributed by atoms with Crippen molar-refractivity contribution in [3.05, 3.63) is 12.7 Å². The topological polar surface area (TPSA) is 49.4 Å². The third-order valence-corrected chi connectivity index (χ3v) is 2.82. The predicted molar refractivity (Wildman–Crippen MR) is 58.2 cm³/mol. The first kappa shape index (κ1) is 11.8. The van der Waals surface area contributed by atoms with Gasteiger partial charge in [0, 0.05) is 14.1 Å². The van der Waals surface area contributed by atoms with Gasteiger partial charge in [-0.3, -0.25) is 9.59 Å². The van der Waals surface area contributed by atoms with Gasteiger partial charge in [0.05, 0.1) is 0 Å². The van der Waals surface area contributed by atoms with Crippen LogP contribution in [-0.2, 0) is 9.59 Å². The van der Waals surface area contributed by atoms with Gasteiger partial charge in [-0.15, -0.1) is 0 Å². The molecular formula is C11H18N2O2. The van der Waals surface area contributed by atoms with Crippen molar-refractivity contribution in [3.63, 3.8) is 0 Å². The van der Waals surface area contributed by atoms with Crippen LogP contribution in [0.4, 0.5) is 0 Å². The predicted octanol–water partition coefficient (Wildman–Crippen LogP) is 0.690. The molecule has 84 valence electrons. The Morgan fingerprint density at radius 3 is 2.27 bits per heavy atom. The number of nitrogens with zero attached hydrogens (tertiary/aromatic N) is 1. The Bertz CT molecular complexity index is 278. The van der Waals surface area contributed by atoms with E-state index in [1.54, 1.807) is 14.1 Å².